The Balaban J connectivity index is 3.61. The van der Waals surface area contributed by atoms with E-state index in [0.29, 0.717) is 12.1 Å². The Morgan fingerprint density at radius 3 is 2.25 bits per heavy atom. The van der Waals surface area contributed by atoms with Gasteiger partial charge in [-0.1, -0.05) is 0 Å². The fourth-order valence-electron chi connectivity index (χ4n) is 1.28. The highest BCUT2D eigenvalue weighted by Crippen LogP contribution is 2.40. The van der Waals surface area contributed by atoms with Crippen molar-refractivity contribution in [3.8, 4) is 11.5 Å². The molecule has 0 spiro atoms. The Morgan fingerprint density at radius 1 is 1.35 bits per heavy atom. The summed E-state index contributed by atoms with van der Waals surface area (Å²) in [5.74, 6) is -1.90. The van der Waals surface area contributed by atoms with Gasteiger partial charge in [-0.3, -0.25) is 10.1 Å². The van der Waals surface area contributed by atoms with E-state index in [4.69, 9.17) is 10.7 Å². The van der Waals surface area contributed by atoms with E-state index in [9.17, 15) is 31.7 Å². The number of hydrogen-bond donors (Lipinski definition) is 0. The number of alkyl halides is 3. The van der Waals surface area contributed by atoms with E-state index in [0.717, 1.165) is 7.11 Å². The van der Waals surface area contributed by atoms with Crippen LogP contribution in [0.15, 0.2) is 17.0 Å². The first-order valence-electron chi connectivity index (χ1n) is 4.52. The summed E-state index contributed by atoms with van der Waals surface area (Å²) in [6.07, 6.45) is -5.16. The van der Waals surface area contributed by atoms with Gasteiger partial charge < -0.3 is 9.47 Å². The molecule has 1 rings (SSSR count). The zero-order valence-electron chi connectivity index (χ0n) is 9.47. The van der Waals surface area contributed by atoms with Crippen molar-refractivity contribution in [2.75, 3.05) is 7.11 Å². The predicted molar refractivity (Wildman–Crippen MR) is 59.4 cm³/mol. The highest BCUT2D eigenvalue weighted by Gasteiger charge is 2.34. The first kappa shape index (κ1) is 16.3. The van der Waals surface area contributed by atoms with Crippen LogP contribution in [0.2, 0.25) is 0 Å². The summed E-state index contributed by atoms with van der Waals surface area (Å²) in [4.78, 5) is 8.59. The van der Waals surface area contributed by atoms with E-state index in [1.165, 1.54) is 0 Å². The summed E-state index contributed by atoms with van der Waals surface area (Å²) in [7, 11) is 1.31. The minimum Gasteiger partial charge on any atom is -0.489 e. The summed E-state index contributed by atoms with van der Waals surface area (Å²) < 4.78 is 66.7. The Kier molecular flexibility index (Phi) is 4.34. The summed E-state index contributed by atoms with van der Waals surface area (Å²) in [6, 6.07) is 0.750. The molecule has 0 saturated heterocycles. The van der Waals surface area contributed by atoms with E-state index in [-0.39, 0.29) is 0 Å². The number of nitrogens with zero attached hydrogens (tertiary/aromatic N) is 1. The number of methoxy groups -OCH3 is 1. The molecule has 0 N–H and O–H groups in total. The molecule has 1 aromatic carbocycles. The molecular formula is C8H5ClF3NO6S. The Bertz CT molecular complexity index is 644. The van der Waals surface area contributed by atoms with Crippen LogP contribution in [0, 0.1) is 10.1 Å². The third-order valence-electron chi connectivity index (χ3n) is 1.91. The van der Waals surface area contributed by atoms with Gasteiger partial charge in [0.2, 0.25) is 5.75 Å². The van der Waals surface area contributed by atoms with E-state index >= 15 is 0 Å². The fourth-order valence-corrected chi connectivity index (χ4v) is 2.29. The lowest BCUT2D eigenvalue weighted by Crippen LogP contribution is -2.17. The Labute approximate surface area is 114 Å². The van der Waals surface area contributed by atoms with Crippen molar-refractivity contribution >= 4 is 25.4 Å². The van der Waals surface area contributed by atoms with Crippen molar-refractivity contribution in [1.82, 2.24) is 0 Å². The fraction of sp³-hybridized carbons (Fsp3) is 0.250. The SMILES string of the molecule is COc1c([N+](=O)[O-])cc(OC(F)(F)F)cc1S(=O)(=O)Cl. The third-order valence-corrected chi connectivity index (χ3v) is 3.23. The standard InChI is InChI=1S/C8H5ClF3NO6S/c1-18-7-5(13(14)15)2-4(19-8(10,11)12)3-6(7)20(9,16)17/h2-3H,1H3. The van der Waals surface area contributed by atoms with Crippen molar-refractivity contribution < 1.29 is 36.0 Å². The molecule has 20 heavy (non-hydrogen) atoms. The van der Waals surface area contributed by atoms with Crippen molar-refractivity contribution in [2.45, 2.75) is 11.3 Å². The average molecular weight is 336 g/mol. The minimum absolute atomic E-state index is 0.373. The van der Waals surface area contributed by atoms with Gasteiger partial charge in [-0.05, 0) is 0 Å². The number of ether oxygens (including phenoxy) is 2. The minimum atomic E-state index is -5.16. The zero-order valence-corrected chi connectivity index (χ0v) is 11.0. The smallest absolute Gasteiger partial charge is 0.489 e. The molecule has 0 atom stereocenters. The van der Waals surface area contributed by atoms with Crippen LogP contribution in [0.25, 0.3) is 0 Å². The van der Waals surface area contributed by atoms with Gasteiger partial charge in [-0.15, -0.1) is 13.2 Å². The van der Waals surface area contributed by atoms with Crippen molar-refractivity contribution in [3.63, 3.8) is 0 Å². The van der Waals surface area contributed by atoms with Gasteiger partial charge >= 0.3 is 12.0 Å². The topological polar surface area (TPSA) is 95.7 Å². The molecule has 12 heteroatoms. The molecule has 0 fully saturated rings. The highest BCUT2D eigenvalue weighted by molar-refractivity contribution is 8.13. The molecule has 0 radical (unpaired) electrons. The summed E-state index contributed by atoms with van der Waals surface area (Å²) in [5.41, 5.74) is -1.03. The van der Waals surface area contributed by atoms with Gasteiger partial charge in [0, 0.05) is 16.7 Å². The molecule has 0 aliphatic heterocycles. The van der Waals surface area contributed by atoms with Gasteiger partial charge in [-0.25, -0.2) is 8.42 Å². The first-order chi connectivity index (χ1) is 8.95. The molecule has 1 aromatic rings. The van der Waals surface area contributed by atoms with Gasteiger partial charge in [0.05, 0.1) is 18.1 Å². The summed E-state index contributed by atoms with van der Waals surface area (Å²) in [6.45, 7) is 0. The number of hydrogen-bond acceptors (Lipinski definition) is 6. The van der Waals surface area contributed by atoms with Crippen LogP contribution in [0.4, 0.5) is 18.9 Å². The molecule has 0 heterocycles. The maximum absolute atomic E-state index is 12.1. The second-order valence-electron chi connectivity index (χ2n) is 3.22. The summed E-state index contributed by atoms with van der Waals surface area (Å²) in [5, 5.41) is 10.7. The molecule has 0 aliphatic rings. The maximum Gasteiger partial charge on any atom is 0.573 e. The molecule has 0 aromatic heterocycles. The largest absolute Gasteiger partial charge is 0.573 e. The van der Waals surface area contributed by atoms with E-state index in [1.54, 1.807) is 0 Å². The number of benzene rings is 1. The van der Waals surface area contributed by atoms with Crippen LogP contribution in [-0.2, 0) is 9.05 Å². The first-order valence-corrected chi connectivity index (χ1v) is 6.83. The lowest BCUT2D eigenvalue weighted by Gasteiger charge is -2.12. The second kappa shape index (κ2) is 5.32. The molecule has 0 saturated carbocycles. The number of nitro benzene ring substituents is 1. The van der Waals surface area contributed by atoms with Gasteiger partial charge in [0.15, 0.2) is 0 Å². The van der Waals surface area contributed by atoms with Crippen molar-refractivity contribution in [2.24, 2.45) is 0 Å². The van der Waals surface area contributed by atoms with Crippen LogP contribution < -0.4 is 9.47 Å². The van der Waals surface area contributed by atoms with Crippen LogP contribution in [0.1, 0.15) is 0 Å². The molecular weight excluding hydrogens is 331 g/mol. The number of rotatable bonds is 4. The van der Waals surface area contributed by atoms with Crippen LogP contribution in [-0.4, -0.2) is 26.8 Å². The molecule has 7 nitrogen and oxygen atoms in total. The maximum atomic E-state index is 12.1. The van der Waals surface area contributed by atoms with Crippen molar-refractivity contribution in [3.05, 3.63) is 22.2 Å². The van der Waals surface area contributed by atoms with Crippen molar-refractivity contribution in [1.29, 1.82) is 0 Å². The number of nitro groups is 1. The van der Waals surface area contributed by atoms with E-state index in [1.807, 2.05) is 0 Å². The molecule has 0 bridgehead atoms. The van der Waals surface area contributed by atoms with Crippen LogP contribution in [0.5, 0.6) is 11.5 Å². The number of halogens is 4. The normalized spacial score (nSPS) is 12.1. The molecule has 112 valence electrons. The quantitative estimate of drug-likeness (QED) is 0.476. The monoisotopic (exact) mass is 335 g/mol. The highest BCUT2D eigenvalue weighted by atomic mass is 35.7. The Morgan fingerprint density at radius 2 is 1.90 bits per heavy atom. The second-order valence-corrected chi connectivity index (χ2v) is 5.75. The van der Waals surface area contributed by atoms with Gasteiger partial charge in [0.25, 0.3) is 9.05 Å². The third kappa shape index (κ3) is 3.87. The average Bonchev–Trinajstić information content (AvgIpc) is 2.24. The molecule has 0 aliphatic carbocycles. The zero-order chi connectivity index (χ0) is 15.7. The lowest BCUT2D eigenvalue weighted by atomic mass is 10.3. The summed E-state index contributed by atoms with van der Waals surface area (Å²) >= 11 is 0. The Hall–Kier alpha value is -1.75. The van der Waals surface area contributed by atoms with Gasteiger partial charge in [-0.2, -0.15) is 0 Å². The molecule has 0 amide bonds. The van der Waals surface area contributed by atoms with Crippen LogP contribution in [0.3, 0.4) is 0 Å². The van der Waals surface area contributed by atoms with Gasteiger partial charge in [0.1, 0.15) is 10.6 Å². The molecule has 0 unspecified atom stereocenters. The van der Waals surface area contributed by atoms with Crippen LogP contribution >= 0.6 is 10.7 Å². The predicted octanol–water partition coefficient (Wildman–Crippen LogP) is 2.43. The van der Waals surface area contributed by atoms with E-state index in [2.05, 4.69) is 9.47 Å². The lowest BCUT2D eigenvalue weighted by molar-refractivity contribution is -0.386. The van der Waals surface area contributed by atoms with E-state index < -0.39 is 42.4 Å².